The first-order valence-electron chi connectivity index (χ1n) is 8.11. The van der Waals surface area contributed by atoms with Crippen molar-refractivity contribution in [2.45, 2.75) is 19.3 Å². The van der Waals surface area contributed by atoms with E-state index in [1.54, 1.807) is 18.5 Å². The average Bonchev–Trinajstić information content (AvgIpc) is 3.13. The molecule has 0 saturated heterocycles. The molecule has 2 aromatic heterocycles. The fourth-order valence-electron chi connectivity index (χ4n) is 2.50. The molecular weight excluding hydrogens is 300 g/mol. The van der Waals surface area contributed by atoms with Gasteiger partial charge in [-0.2, -0.15) is 5.10 Å². The molecule has 5 heteroatoms. The van der Waals surface area contributed by atoms with Crippen molar-refractivity contribution in [1.82, 2.24) is 20.5 Å². The van der Waals surface area contributed by atoms with E-state index in [0.717, 1.165) is 30.5 Å². The van der Waals surface area contributed by atoms with Gasteiger partial charge in [-0.1, -0.05) is 30.3 Å². The third-order valence-electron chi connectivity index (χ3n) is 3.82. The van der Waals surface area contributed by atoms with Gasteiger partial charge in [-0.3, -0.25) is 14.9 Å². The number of carbonyl (C=O) groups excluding carboxylic acids is 1. The summed E-state index contributed by atoms with van der Waals surface area (Å²) in [5.41, 5.74) is 3.53. The first kappa shape index (κ1) is 15.9. The van der Waals surface area contributed by atoms with E-state index in [1.165, 1.54) is 5.56 Å². The molecule has 0 fully saturated rings. The van der Waals surface area contributed by atoms with Gasteiger partial charge in [-0.25, -0.2) is 0 Å². The van der Waals surface area contributed by atoms with Crippen LogP contribution in [0.4, 0.5) is 0 Å². The fraction of sp³-hybridized carbons (Fsp3) is 0.211. The molecule has 3 rings (SSSR count). The van der Waals surface area contributed by atoms with E-state index in [9.17, 15) is 4.79 Å². The highest BCUT2D eigenvalue weighted by Crippen LogP contribution is 2.16. The summed E-state index contributed by atoms with van der Waals surface area (Å²) in [4.78, 5) is 16.1. The molecular formula is C19H20N4O. The van der Waals surface area contributed by atoms with Crippen LogP contribution in [0.2, 0.25) is 0 Å². The number of carbonyl (C=O) groups is 1. The standard InChI is InChI=1S/C19H20N4O/c24-19(21-11-5-4-6-15-9-12-20-13-10-15)18-14-17(22-23-18)16-7-2-1-3-8-16/h1-3,7-10,12-14H,4-6,11H2,(H,21,24)(H,22,23). The lowest BCUT2D eigenvalue weighted by Gasteiger charge is -2.03. The van der Waals surface area contributed by atoms with E-state index in [0.29, 0.717) is 12.2 Å². The molecule has 0 aliphatic carbocycles. The summed E-state index contributed by atoms with van der Waals surface area (Å²) in [6.45, 7) is 0.656. The Kier molecular flexibility index (Phi) is 5.35. The highest BCUT2D eigenvalue weighted by Gasteiger charge is 2.10. The molecule has 0 aliphatic heterocycles. The molecule has 0 unspecified atom stereocenters. The number of pyridine rings is 1. The number of aromatic amines is 1. The molecule has 1 amide bonds. The smallest absolute Gasteiger partial charge is 0.269 e. The van der Waals surface area contributed by atoms with Crippen LogP contribution in [0, 0.1) is 0 Å². The van der Waals surface area contributed by atoms with E-state index >= 15 is 0 Å². The minimum absolute atomic E-state index is 0.117. The number of nitrogens with one attached hydrogen (secondary N) is 2. The summed E-state index contributed by atoms with van der Waals surface area (Å²) in [6.07, 6.45) is 6.58. The van der Waals surface area contributed by atoms with Crippen LogP contribution in [-0.4, -0.2) is 27.6 Å². The number of nitrogens with zero attached hydrogens (tertiary/aromatic N) is 2. The number of H-pyrrole nitrogens is 1. The second-order valence-corrected chi connectivity index (χ2v) is 5.60. The Morgan fingerprint density at radius 1 is 1.04 bits per heavy atom. The topological polar surface area (TPSA) is 70.7 Å². The Labute approximate surface area is 141 Å². The first-order chi connectivity index (χ1) is 11.8. The molecule has 2 heterocycles. The number of unbranched alkanes of at least 4 members (excludes halogenated alkanes) is 1. The van der Waals surface area contributed by atoms with Crippen molar-refractivity contribution in [2.75, 3.05) is 6.54 Å². The molecule has 0 atom stereocenters. The third kappa shape index (κ3) is 4.29. The van der Waals surface area contributed by atoms with Gasteiger partial charge in [0.2, 0.25) is 0 Å². The average molecular weight is 320 g/mol. The maximum Gasteiger partial charge on any atom is 0.269 e. The number of rotatable bonds is 7. The lowest BCUT2D eigenvalue weighted by atomic mass is 10.1. The number of aromatic nitrogens is 3. The zero-order valence-electron chi connectivity index (χ0n) is 13.4. The molecule has 0 saturated carbocycles. The van der Waals surface area contributed by atoms with E-state index in [4.69, 9.17) is 0 Å². The Bertz CT molecular complexity index is 768. The van der Waals surface area contributed by atoms with Crippen LogP contribution in [0.3, 0.4) is 0 Å². The number of benzene rings is 1. The van der Waals surface area contributed by atoms with Crippen LogP contribution in [0.25, 0.3) is 11.3 Å². The molecule has 1 aromatic carbocycles. The second kappa shape index (κ2) is 8.06. The van der Waals surface area contributed by atoms with Gasteiger partial charge >= 0.3 is 0 Å². The SMILES string of the molecule is O=C(NCCCCc1ccncc1)c1cc(-c2ccccc2)n[nH]1. The molecule has 2 N–H and O–H groups in total. The van der Waals surface area contributed by atoms with Gasteiger partial charge in [0.25, 0.3) is 5.91 Å². The number of hydrogen-bond acceptors (Lipinski definition) is 3. The molecule has 24 heavy (non-hydrogen) atoms. The van der Waals surface area contributed by atoms with E-state index in [1.807, 2.05) is 42.5 Å². The van der Waals surface area contributed by atoms with Crippen molar-refractivity contribution >= 4 is 5.91 Å². The summed E-state index contributed by atoms with van der Waals surface area (Å²) in [5.74, 6) is -0.117. The van der Waals surface area contributed by atoms with E-state index < -0.39 is 0 Å². The lowest BCUT2D eigenvalue weighted by Crippen LogP contribution is -2.24. The lowest BCUT2D eigenvalue weighted by molar-refractivity contribution is 0.0948. The Morgan fingerprint density at radius 2 is 1.83 bits per heavy atom. The highest BCUT2D eigenvalue weighted by atomic mass is 16.1. The Hall–Kier alpha value is -2.95. The highest BCUT2D eigenvalue weighted by molar-refractivity contribution is 5.93. The molecule has 122 valence electrons. The van der Waals surface area contributed by atoms with Gasteiger partial charge < -0.3 is 5.32 Å². The van der Waals surface area contributed by atoms with Gasteiger partial charge in [0.05, 0.1) is 5.69 Å². The Morgan fingerprint density at radius 3 is 2.62 bits per heavy atom. The van der Waals surface area contributed by atoms with Gasteiger partial charge in [0.15, 0.2) is 0 Å². The molecule has 0 aliphatic rings. The predicted molar refractivity (Wildman–Crippen MR) is 93.5 cm³/mol. The maximum absolute atomic E-state index is 12.1. The quantitative estimate of drug-likeness (QED) is 0.657. The molecule has 5 nitrogen and oxygen atoms in total. The van der Waals surface area contributed by atoms with E-state index in [2.05, 4.69) is 20.5 Å². The zero-order valence-corrected chi connectivity index (χ0v) is 13.4. The number of aryl methyl sites for hydroxylation is 1. The summed E-state index contributed by atoms with van der Waals surface area (Å²) in [6, 6.07) is 15.6. The van der Waals surface area contributed by atoms with Crippen molar-refractivity contribution in [2.24, 2.45) is 0 Å². The molecule has 0 radical (unpaired) electrons. The minimum Gasteiger partial charge on any atom is -0.351 e. The zero-order chi connectivity index (χ0) is 16.6. The largest absolute Gasteiger partial charge is 0.351 e. The molecule has 3 aromatic rings. The summed E-state index contributed by atoms with van der Waals surface area (Å²) >= 11 is 0. The van der Waals surface area contributed by atoms with Crippen LogP contribution < -0.4 is 5.32 Å². The number of hydrogen-bond donors (Lipinski definition) is 2. The maximum atomic E-state index is 12.1. The normalized spacial score (nSPS) is 10.5. The minimum atomic E-state index is -0.117. The van der Waals surface area contributed by atoms with Crippen LogP contribution >= 0.6 is 0 Å². The van der Waals surface area contributed by atoms with Crippen molar-refractivity contribution in [3.63, 3.8) is 0 Å². The Balaban J connectivity index is 1.43. The fourth-order valence-corrected chi connectivity index (χ4v) is 2.50. The van der Waals surface area contributed by atoms with Crippen LogP contribution in [0.5, 0.6) is 0 Å². The van der Waals surface area contributed by atoms with E-state index in [-0.39, 0.29) is 5.91 Å². The summed E-state index contributed by atoms with van der Waals surface area (Å²) < 4.78 is 0. The summed E-state index contributed by atoms with van der Waals surface area (Å²) in [7, 11) is 0. The van der Waals surface area contributed by atoms with Crippen LogP contribution in [-0.2, 0) is 6.42 Å². The van der Waals surface area contributed by atoms with Crippen molar-refractivity contribution in [1.29, 1.82) is 0 Å². The first-order valence-corrected chi connectivity index (χ1v) is 8.11. The predicted octanol–water partition coefficient (Wildman–Crippen LogP) is 3.22. The molecule has 0 spiro atoms. The molecule has 0 bridgehead atoms. The third-order valence-corrected chi connectivity index (χ3v) is 3.82. The van der Waals surface area contributed by atoms with Crippen molar-refractivity contribution < 1.29 is 4.79 Å². The number of amides is 1. The van der Waals surface area contributed by atoms with Crippen molar-refractivity contribution in [3.05, 3.63) is 72.2 Å². The second-order valence-electron chi connectivity index (χ2n) is 5.60. The summed E-state index contributed by atoms with van der Waals surface area (Å²) in [5, 5.41) is 9.93. The monoisotopic (exact) mass is 320 g/mol. The van der Waals surface area contributed by atoms with Gasteiger partial charge in [-0.15, -0.1) is 0 Å². The van der Waals surface area contributed by atoms with Crippen LogP contribution in [0.15, 0.2) is 60.9 Å². The van der Waals surface area contributed by atoms with Gasteiger partial charge in [0, 0.05) is 24.5 Å². The van der Waals surface area contributed by atoms with Crippen LogP contribution in [0.1, 0.15) is 28.9 Å². The van der Waals surface area contributed by atoms with Gasteiger partial charge in [0.1, 0.15) is 5.69 Å². The van der Waals surface area contributed by atoms with Gasteiger partial charge in [-0.05, 0) is 43.0 Å². The van der Waals surface area contributed by atoms with Crippen molar-refractivity contribution in [3.8, 4) is 11.3 Å².